The highest BCUT2D eigenvalue weighted by atomic mass is 32.2. The van der Waals surface area contributed by atoms with Crippen molar-refractivity contribution in [3.8, 4) is 11.6 Å². The number of fused-ring (bicyclic) bond motifs is 1. The molecule has 11 heteroatoms. The van der Waals surface area contributed by atoms with E-state index >= 15 is 0 Å². The highest BCUT2D eigenvalue weighted by Gasteiger charge is 2.28. The van der Waals surface area contributed by atoms with Crippen LogP contribution in [0, 0.1) is 0 Å². The highest BCUT2D eigenvalue weighted by molar-refractivity contribution is 7.90. The van der Waals surface area contributed by atoms with Crippen LogP contribution in [0.3, 0.4) is 0 Å². The maximum atomic E-state index is 11.6. The van der Waals surface area contributed by atoms with Gasteiger partial charge in [-0.1, -0.05) is 0 Å². The normalized spacial score (nSPS) is 17.2. The van der Waals surface area contributed by atoms with E-state index in [0.29, 0.717) is 35.6 Å². The van der Waals surface area contributed by atoms with Crippen LogP contribution in [0.25, 0.3) is 16.7 Å². The largest absolute Gasteiger partial charge is 0.472 e. The zero-order valence-corrected chi connectivity index (χ0v) is 15.7. The minimum atomic E-state index is -3.28. The molecule has 2 aromatic heterocycles. The molecule has 1 aliphatic rings. The van der Waals surface area contributed by atoms with Gasteiger partial charge < -0.3 is 14.7 Å². The van der Waals surface area contributed by atoms with Gasteiger partial charge in [0.15, 0.2) is 15.5 Å². The third-order valence-corrected chi connectivity index (χ3v) is 5.66. The molecule has 0 aliphatic carbocycles. The molecule has 0 spiro atoms. The quantitative estimate of drug-likeness (QED) is 0.691. The van der Waals surface area contributed by atoms with Gasteiger partial charge in [-0.25, -0.2) is 27.9 Å². The van der Waals surface area contributed by atoms with E-state index in [1.807, 2.05) is 0 Å². The van der Waals surface area contributed by atoms with Crippen LogP contribution in [0.2, 0.25) is 0 Å². The fourth-order valence-electron chi connectivity index (χ4n) is 3.10. The molecule has 28 heavy (non-hydrogen) atoms. The van der Waals surface area contributed by atoms with E-state index in [4.69, 9.17) is 9.84 Å². The third kappa shape index (κ3) is 3.36. The molecule has 0 saturated carbocycles. The Bertz CT molecular complexity index is 1140. The summed E-state index contributed by atoms with van der Waals surface area (Å²) in [7, 11) is -3.28. The smallest absolute Gasteiger partial charge is 0.407 e. The first kappa shape index (κ1) is 18.2. The maximum absolute atomic E-state index is 11.6. The van der Waals surface area contributed by atoms with Gasteiger partial charge in [-0.3, -0.25) is 0 Å². The number of ether oxygens (including phenoxy) is 1. The lowest BCUT2D eigenvalue weighted by molar-refractivity contribution is 0.145. The van der Waals surface area contributed by atoms with Crippen molar-refractivity contribution in [1.29, 1.82) is 0 Å². The Balaban J connectivity index is 1.63. The van der Waals surface area contributed by atoms with Crippen LogP contribution in [0.4, 0.5) is 4.79 Å². The molecule has 3 aromatic rings. The van der Waals surface area contributed by atoms with Gasteiger partial charge in [0.25, 0.3) is 0 Å². The highest BCUT2D eigenvalue weighted by Crippen LogP contribution is 2.26. The van der Waals surface area contributed by atoms with Crippen molar-refractivity contribution in [3.05, 3.63) is 36.8 Å². The summed E-state index contributed by atoms with van der Waals surface area (Å²) in [5.41, 5.74) is 1.15. The van der Waals surface area contributed by atoms with Crippen LogP contribution in [0.1, 0.15) is 6.42 Å². The van der Waals surface area contributed by atoms with Gasteiger partial charge in [0, 0.05) is 19.2 Å². The molecule has 1 fully saturated rings. The van der Waals surface area contributed by atoms with Crippen LogP contribution < -0.4 is 4.74 Å². The third-order valence-electron chi connectivity index (χ3n) is 4.53. The zero-order valence-electron chi connectivity index (χ0n) is 14.9. The van der Waals surface area contributed by atoms with Crippen molar-refractivity contribution < 1.29 is 23.1 Å². The topological polar surface area (TPSA) is 128 Å². The van der Waals surface area contributed by atoms with E-state index in [1.54, 1.807) is 23.0 Å². The van der Waals surface area contributed by atoms with Crippen molar-refractivity contribution >= 4 is 27.0 Å². The molecule has 146 valence electrons. The first-order chi connectivity index (χ1) is 13.3. The molecule has 0 bridgehead atoms. The minimum absolute atomic E-state index is 0.218. The molecule has 3 heterocycles. The summed E-state index contributed by atoms with van der Waals surface area (Å²) >= 11 is 0. The number of aromatic nitrogens is 4. The van der Waals surface area contributed by atoms with Crippen molar-refractivity contribution in [2.45, 2.75) is 17.4 Å². The zero-order chi connectivity index (χ0) is 19.9. The number of carboxylic acid groups (broad SMARTS) is 1. The van der Waals surface area contributed by atoms with E-state index in [-0.39, 0.29) is 17.5 Å². The lowest BCUT2D eigenvalue weighted by Gasteiger charge is -2.14. The van der Waals surface area contributed by atoms with Gasteiger partial charge in [0.05, 0.1) is 23.3 Å². The van der Waals surface area contributed by atoms with E-state index in [0.717, 1.165) is 6.26 Å². The van der Waals surface area contributed by atoms with Gasteiger partial charge in [-0.05, 0) is 24.3 Å². The summed E-state index contributed by atoms with van der Waals surface area (Å²) in [6, 6.07) is 6.31. The SMILES string of the molecule is CS(=O)(=O)c1ccc(-n2ncc3c(OC4CCN(C(=O)O)C4)ncnc32)cc1. The number of nitrogens with zero attached hydrogens (tertiary/aromatic N) is 5. The number of hydrogen-bond donors (Lipinski definition) is 1. The lowest BCUT2D eigenvalue weighted by atomic mass is 10.3. The van der Waals surface area contributed by atoms with E-state index < -0.39 is 15.9 Å². The summed E-state index contributed by atoms with van der Waals surface area (Å²) in [5.74, 6) is 0.334. The minimum Gasteiger partial charge on any atom is -0.472 e. The molecule has 1 amide bonds. The van der Waals surface area contributed by atoms with E-state index in [2.05, 4.69) is 15.1 Å². The Morgan fingerprint density at radius 2 is 2.00 bits per heavy atom. The van der Waals surface area contributed by atoms with Gasteiger partial charge in [0.2, 0.25) is 5.88 Å². The second-order valence-corrected chi connectivity index (χ2v) is 8.51. The van der Waals surface area contributed by atoms with Crippen LogP contribution in [-0.4, -0.2) is 69.7 Å². The summed E-state index contributed by atoms with van der Waals surface area (Å²) in [4.78, 5) is 21.0. The van der Waals surface area contributed by atoms with Gasteiger partial charge in [-0.15, -0.1) is 0 Å². The first-order valence-electron chi connectivity index (χ1n) is 8.46. The van der Waals surface area contributed by atoms with Crippen molar-refractivity contribution in [1.82, 2.24) is 24.6 Å². The van der Waals surface area contributed by atoms with Crippen molar-refractivity contribution in [2.24, 2.45) is 0 Å². The molecule has 1 aliphatic heterocycles. The summed E-state index contributed by atoms with van der Waals surface area (Å²) in [6.45, 7) is 0.697. The molecular formula is C17H17N5O5S. The number of benzene rings is 1. The van der Waals surface area contributed by atoms with Gasteiger partial charge in [0.1, 0.15) is 17.8 Å². The van der Waals surface area contributed by atoms with Crippen LogP contribution in [0.5, 0.6) is 5.88 Å². The fraction of sp³-hybridized carbons (Fsp3) is 0.294. The van der Waals surface area contributed by atoms with Crippen molar-refractivity contribution in [3.63, 3.8) is 0 Å². The second kappa shape index (κ2) is 6.75. The number of likely N-dealkylation sites (tertiary alicyclic amines) is 1. The Morgan fingerprint density at radius 1 is 1.25 bits per heavy atom. The Hall–Kier alpha value is -3.21. The standard InChI is InChI=1S/C17H17N5O5S/c1-28(25,26)13-4-2-11(3-5-13)22-15-14(8-20-22)16(19-10-18-15)27-12-6-7-21(9-12)17(23)24/h2-5,8,10,12H,6-7,9H2,1H3,(H,23,24). The van der Waals surface area contributed by atoms with Crippen LogP contribution in [-0.2, 0) is 9.84 Å². The van der Waals surface area contributed by atoms with Crippen LogP contribution in [0.15, 0.2) is 41.7 Å². The molecule has 1 atom stereocenters. The predicted octanol–water partition coefficient (Wildman–Crippen LogP) is 1.35. The maximum Gasteiger partial charge on any atom is 0.407 e. The number of sulfone groups is 1. The van der Waals surface area contributed by atoms with Crippen molar-refractivity contribution in [2.75, 3.05) is 19.3 Å². The number of carbonyl (C=O) groups is 1. The molecule has 1 aromatic carbocycles. The van der Waals surface area contributed by atoms with Crippen LogP contribution >= 0.6 is 0 Å². The molecular weight excluding hydrogens is 386 g/mol. The number of amides is 1. The Labute approximate surface area is 160 Å². The number of hydrogen-bond acceptors (Lipinski definition) is 7. The molecule has 10 nitrogen and oxygen atoms in total. The molecule has 1 saturated heterocycles. The average molecular weight is 403 g/mol. The molecule has 1 N–H and O–H groups in total. The molecule has 1 unspecified atom stereocenters. The summed E-state index contributed by atoms with van der Waals surface area (Å²) < 4.78 is 30.7. The molecule has 0 radical (unpaired) electrons. The van der Waals surface area contributed by atoms with Gasteiger partial charge in [-0.2, -0.15) is 5.10 Å². The van der Waals surface area contributed by atoms with E-state index in [1.165, 1.54) is 23.4 Å². The van der Waals surface area contributed by atoms with E-state index in [9.17, 15) is 13.2 Å². The lowest BCUT2D eigenvalue weighted by Crippen LogP contribution is -2.29. The summed E-state index contributed by atoms with van der Waals surface area (Å²) in [5, 5.41) is 14.0. The Morgan fingerprint density at radius 3 is 2.64 bits per heavy atom. The number of rotatable bonds is 4. The second-order valence-electron chi connectivity index (χ2n) is 6.50. The Kier molecular flexibility index (Phi) is 4.38. The monoisotopic (exact) mass is 403 g/mol. The predicted molar refractivity (Wildman–Crippen MR) is 98.4 cm³/mol. The fourth-order valence-corrected chi connectivity index (χ4v) is 3.73. The first-order valence-corrected chi connectivity index (χ1v) is 10.4. The molecule has 4 rings (SSSR count). The summed E-state index contributed by atoms with van der Waals surface area (Å²) in [6.07, 6.45) is 3.40. The average Bonchev–Trinajstić information content (AvgIpc) is 3.29. The van der Waals surface area contributed by atoms with Gasteiger partial charge >= 0.3 is 6.09 Å².